The first-order valence-corrected chi connectivity index (χ1v) is 10.9. The van der Waals surface area contributed by atoms with E-state index in [0.717, 1.165) is 15.6 Å². The van der Waals surface area contributed by atoms with Gasteiger partial charge < -0.3 is 19.3 Å². The van der Waals surface area contributed by atoms with Crippen molar-refractivity contribution in [3.63, 3.8) is 0 Å². The zero-order chi connectivity index (χ0) is 24.0. The number of carbonyl (C=O) groups excluding carboxylic acids is 1. The highest BCUT2D eigenvalue weighted by Crippen LogP contribution is 2.33. The summed E-state index contributed by atoms with van der Waals surface area (Å²) in [7, 11) is 0. The van der Waals surface area contributed by atoms with Gasteiger partial charge in [-0.3, -0.25) is 4.98 Å². The average Bonchev–Trinajstić information content (AvgIpc) is 3.27. The van der Waals surface area contributed by atoms with Crippen molar-refractivity contribution in [3.05, 3.63) is 46.6 Å². The number of halogens is 4. The minimum absolute atomic E-state index is 0.0157. The number of anilines is 1. The number of rotatable bonds is 1. The van der Waals surface area contributed by atoms with Gasteiger partial charge in [-0.25, -0.2) is 4.79 Å². The summed E-state index contributed by atoms with van der Waals surface area (Å²) in [5.74, 6) is -0.925. The van der Waals surface area contributed by atoms with Crippen molar-refractivity contribution in [2.45, 2.75) is 19.3 Å². The van der Waals surface area contributed by atoms with E-state index >= 15 is 0 Å². The molecule has 4 heterocycles. The zero-order valence-electron chi connectivity index (χ0n) is 17.8. The number of amides is 2. The Balaban J connectivity index is 1.30. The van der Waals surface area contributed by atoms with Crippen molar-refractivity contribution in [2.75, 3.05) is 37.6 Å². The van der Waals surface area contributed by atoms with Gasteiger partial charge in [-0.1, -0.05) is 11.6 Å². The highest BCUT2D eigenvalue weighted by molar-refractivity contribution is 6.31. The second-order valence-corrected chi connectivity index (χ2v) is 8.50. The van der Waals surface area contributed by atoms with Gasteiger partial charge in [0, 0.05) is 55.9 Å². The van der Waals surface area contributed by atoms with Crippen LogP contribution in [0.5, 0.6) is 0 Å². The van der Waals surface area contributed by atoms with Crippen molar-refractivity contribution in [2.24, 2.45) is 0 Å². The van der Waals surface area contributed by atoms with Crippen LogP contribution in [-0.2, 0) is 19.3 Å². The molecule has 34 heavy (non-hydrogen) atoms. The molecule has 3 aromatic rings. The first-order chi connectivity index (χ1) is 16.3. The average molecular weight is 491 g/mol. The Hall–Kier alpha value is -3.59. The predicted molar refractivity (Wildman–Crippen MR) is 116 cm³/mol. The quantitative estimate of drug-likeness (QED) is 0.520. The molecule has 0 N–H and O–H groups in total. The molecule has 0 bridgehead atoms. The van der Waals surface area contributed by atoms with Gasteiger partial charge in [0.2, 0.25) is 5.82 Å². The van der Waals surface area contributed by atoms with Crippen LogP contribution in [0.3, 0.4) is 0 Å². The number of nitrogens with zero attached hydrogens (tertiary/aromatic N) is 8. The molecule has 2 amide bonds. The minimum atomic E-state index is -4.59. The van der Waals surface area contributed by atoms with Gasteiger partial charge in [0.25, 0.3) is 0 Å². The summed E-state index contributed by atoms with van der Waals surface area (Å²) in [6.45, 7) is 1.84. The van der Waals surface area contributed by atoms with Gasteiger partial charge >= 0.3 is 12.2 Å². The number of hydrogen-bond donors (Lipinski definition) is 0. The molecule has 1 fully saturated rings. The minimum Gasteiger partial charge on any atom is -0.366 e. The number of hydrogen-bond acceptors (Lipinski definition) is 6. The third kappa shape index (κ3) is 3.86. The maximum Gasteiger partial charge on any atom is 0.451 e. The number of pyridine rings is 1. The van der Waals surface area contributed by atoms with Gasteiger partial charge in [0.05, 0.1) is 23.3 Å². The summed E-state index contributed by atoms with van der Waals surface area (Å²) in [5, 5.41) is 17.8. The van der Waals surface area contributed by atoms with Crippen LogP contribution < -0.4 is 4.90 Å². The molecule has 2 aliphatic rings. The Morgan fingerprint density at radius 1 is 1.06 bits per heavy atom. The number of benzene rings is 1. The molecule has 1 saturated heterocycles. The fraction of sp³-hybridized carbons (Fsp3) is 0.381. The third-order valence-electron chi connectivity index (χ3n) is 6.07. The number of fused-ring (bicyclic) bond motifs is 2. The molecule has 5 rings (SSSR count). The SMILES string of the molecule is N#Cc1cnc2ccc(Cl)cc2c1N1CCN(C(=O)N2CCn3c(nnc3C(F)(F)F)C2)CC1. The third-order valence-corrected chi connectivity index (χ3v) is 6.30. The summed E-state index contributed by atoms with van der Waals surface area (Å²) in [6.07, 6.45) is -3.06. The van der Waals surface area contributed by atoms with Crippen LogP contribution in [0, 0.1) is 11.3 Å². The lowest BCUT2D eigenvalue weighted by Crippen LogP contribution is -2.54. The molecule has 0 atom stereocenters. The fourth-order valence-electron chi connectivity index (χ4n) is 4.43. The molecule has 13 heteroatoms. The molecular formula is C21H18ClF3N8O. The van der Waals surface area contributed by atoms with E-state index in [2.05, 4.69) is 21.3 Å². The maximum absolute atomic E-state index is 13.1. The number of alkyl halides is 3. The van der Waals surface area contributed by atoms with E-state index in [-0.39, 0.29) is 31.5 Å². The van der Waals surface area contributed by atoms with Crippen molar-refractivity contribution < 1.29 is 18.0 Å². The highest BCUT2D eigenvalue weighted by Gasteiger charge is 2.40. The number of piperazine rings is 1. The lowest BCUT2D eigenvalue weighted by molar-refractivity contribution is -0.147. The summed E-state index contributed by atoms with van der Waals surface area (Å²) < 4.78 is 40.2. The molecule has 0 unspecified atom stereocenters. The Bertz CT molecular complexity index is 1310. The lowest BCUT2D eigenvalue weighted by Gasteiger charge is -2.39. The van der Waals surface area contributed by atoms with E-state index in [9.17, 15) is 23.2 Å². The van der Waals surface area contributed by atoms with E-state index in [1.807, 2.05) is 4.90 Å². The molecule has 2 aliphatic heterocycles. The molecule has 0 spiro atoms. The van der Waals surface area contributed by atoms with Crippen molar-refractivity contribution in [3.8, 4) is 6.07 Å². The number of urea groups is 1. The number of carbonyl (C=O) groups is 1. The number of nitriles is 1. The van der Waals surface area contributed by atoms with Crippen LogP contribution >= 0.6 is 11.6 Å². The van der Waals surface area contributed by atoms with E-state index in [1.54, 1.807) is 23.1 Å². The van der Waals surface area contributed by atoms with E-state index < -0.39 is 12.0 Å². The van der Waals surface area contributed by atoms with Gasteiger partial charge in [0.15, 0.2) is 5.82 Å². The molecule has 1 aromatic carbocycles. The fourth-order valence-corrected chi connectivity index (χ4v) is 4.60. The topological polar surface area (TPSA) is 94.2 Å². The smallest absolute Gasteiger partial charge is 0.366 e. The van der Waals surface area contributed by atoms with Gasteiger partial charge in [-0.05, 0) is 18.2 Å². The van der Waals surface area contributed by atoms with Crippen molar-refractivity contribution in [1.29, 1.82) is 5.26 Å². The predicted octanol–water partition coefficient (Wildman–Crippen LogP) is 3.13. The molecule has 2 aromatic heterocycles. The largest absolute Gasteiger partial charge is 0.451 e. The van der Waals surface area contributed by atoms with Crippen LogP contribution in [0.2, 0.25) is 5.02 Å². The van der Waals surface area contributed by atoms with Crippen LogP contribution in [0.4, 0.5) is 23.7 Å². The normalized spacial score (nSPS) is 16.5. The first-order valence-electron chi connectivity index (χ1n) is 10.5. The van der Waals surface area contributed by atoms with Crippen LogP contribution in [0.15, 0.2) is 24.4 Å². The summed E-state index contributed by atoms with van der Waals surface area (Å²) >= 11 is 6.18. The monoisotopic (exact) mass is 490 g/mol. The van der Waals surface area contributed by atoms with Crippen molar-refractivity contribution in [1.82, 2.24) is 29.5 Å². The van der Waals surface area contributed by atoms with E-state index in [0.29, 0.717) is 42.3 Å². The standard InChI is InChI=1S/C21H18ClF3N8O/c22-14-1-2-16-15(9-14)18(13(10-26)11-27-16)30-3-5-31(6-4-30)20(34)32-7-8-33-17(12-32)28-29-19(33)21(23,24)25/h1-2,9,11H,3-8,12H2. The van der Waals surface area contributed by atoms with Gasteiger partial charge in [-0.15, -0.1) is 10.2 Å². The Labute approximate surface area is 196 Å². The van der Waals surface area contributed by atoms with E-state index in [1.165, 1.54) is 11.1 Å². The summed E-state index contributed by atoms with van der Waals surface area (Å²) in [4.78, 5) is 22.6. The van der Waals surface area contributed by atoms with Gasteiger partial charge in [-0.2, -0.15) is 18.4 Å². The Kier molecular flexibility index (Phi) is 5.44. The van der Waals surface area contributed by atoms with E-state index in [4.69, 9.17) is 11.6 Å². The molecular weight excluding hydrogens is 473 g/mol. The summed E-state index contributed by atoms with van der Waals surface area (Å²) in [6, 6.07) is 7.23. The Morgan fingerprint density at radius 3 is 2.50 bits per heavy atom. The number of aromatic nitrogens is 4. The zero-order valence-corrected chi connectivity index (χ0v) is 18.5. The second-order valence-electron chi connectivity index (χ2n) is 8.06. The second kappa shape index (κ2) is 8.32. The van der Waals surface area contributed by atoms with Crippen LogP contribution in [0.25, 0.3) is 10.9 Å². The molecule has 9 nitrogen and oxygen atoms in total. The lowest BCUT2D eigenvalue weighted by atomic mass is 10.1. The molecule has 0 saturated carbocycles. The molecule has 0 aliphatic carbocycles. The molecule has 176 valence electrons. The van der Waals surface area contributed by atoms with Crippen LogP contribution in [0.1, 0.15) is 17.2 Å². The maximum atomic E-state index is 13.1. The Morgan fingerprint density at radius 2 is 1.79 bits per heavy atom. The van der Waals surface area contributed by atoms with Gasteiger partial charge in [0.1, 0.15) is 6.07 Å². The highest BCUT2D eigenvalue weighted by atomic mass is 35.5. The van der Waals surface area contributed by atoms with Crippen LogP contribution in [-0.4, -0.2) is 68.3 Å². The molecule has 0 radical (unpaired) electrons. The summed E-state index contributed by atoms with van der Waals surface area (Å²) in [5.41, 5.74) is 1.87. The first kappa shape index (κ1) is 22.2. The van der Waals surface area contributed by atoms with Crippen molar-refractivity contribution >= 4 is 34.2 Å².